The highest BCUT2D eigenvalue weighted by molar-refractivity contribution is 5.94. The van der Waals surface area contributed by atoms with Crippen LogP contribution < -0.4 is 10.2 Å². The first kappa shape index (κ1) is 16.3. The summed E-state index contributed by atoms with van der Waals surface area (Å²) in [5, 5.41) is 20.6. The number of phenolic OH excluding ortho intramolecular Hbond substituents is 1. The van der Waals surface area contributed by atoms with Gasteiger partial charge in [0.25, 0.3) is 5.91 Å². The third-order valence-electron chi connectivity index (χ3n) is 3.51. The van der Waals surface area contributed by atoms with Gasteiger partial charge in [0.2, 0.25) is 0 Å². The molecular formula is C18H16N4O3. The lowest BCUT2D eigenvalue weighted by molar-refractivity contribution is 0.0950. The van der Waals surface area contributed by atoms with Gasteiger partial charge < -0.3 is 9.84 Å². The molecule has 0 fully saturated rings. The van der Waals surface area contributed by atoms with Crippen LogP contribution in [0, 0.1) is 0 Å². The first-order chi connectivity index (χ1) is 12.2. The van der Waals surface area contributed by atoms with E-state index >= 15 is 0 Å². The number of ether oxygens (including phenoxy) is 1. The van der Waals surface area contributed by atoms with E-state index in [-0.39, 0.29) is 11.4 Å². The molecule has 25 heavy (non-hydrogen) atoms. The van der Waals surface area contributed by atoms with Gasteiger partial charge in [-0.15, -0.1) is 0 Å². The van der Waals surface area contributed by atoms with Crippen molar-refractivity contribution in [2.45, 2.75) is 0 Å². The molecule has 2 aromatic carbocycles. The zero-order valence-corrected chi connectivity index (χ0v) is 13.4. The highest BCUT2D eigenvalue weighted by atomic mass is 16.5. The number of para-hydroxylation sites is 1. The molecular weight excluding hydrogens is 320 g/mol. The average Bonchev–Trinajstić information content (AvgIpc) is 3.14. The second-order valence-corrected chi connectivity index (χ2v) is 5.13. The van der Waals surface area contributed by atoms with Crippen molar-refractivity contribution in [2.75, 3.05) is 7.11 Å². The third kappa shape index (κ3) is 3.66. The Kier molecular flexibility index (Phi) is 4.75. The third-order valence-corrected chi connectivity index (χ3v) is 3.51. The molecule has 1 amide bonds. The van der Waals surface area contributed by atoms with Crippen molar-refractivity contribution < 1.29 is 14.6 Å². The second-order valence-electron chi connectivity index (χ2n) is 5.13. The van der Waals surface area contributed by atoms with Crippen molar-refractivity contribution >= 4 is 12.1 Å². The van der Waals surface area contributed by atoms with Gasteiger partial charge in [-0.3, -0.25) is 9.89 Å². The van der Waals surface area contributed by atoms with Crippen LogP contribution >= 0.6 is 0 Å². The maximum Gasteiger partial charge on any atom is 0.289 e. The number of carbonyl (C=O) groups excluding carboxylic acids is 1. The lowest BCUT2D eigenvalue weighted by atomic mass is 10.1. The van der Waals surface area contributed by atoms with Crippen molar-refractivity contribution in [3.8, 4) is 22.8 Å². The highest BCUT2D eigenvalue weighted by Crippen LogP contribution is 2.27. The monoisotopic (exact) mass is 336 g/mol. The number of aromatic hydroxyl groups is 1. The normalized spacial score (nSPS) is 10.8. The molecule has 7 heteroatoms. The molecule has 3 aromatic rings. The Labute approximate surface area is 144 Å². The van der Waals surface area contributed by atoms with E-state index in [0.29, 0.717) is 17.0 Å². The number of hydrogen-bond donors (Lipinski definition) is 3. The Bertz CT molecular complexity index is 904. The summed E-state index contributed by atoms with van der Waals surface area (Å²) in [5.74, 6) is -0.152. The SMILES string of the molecule is COc1cccc(C=NNC(=O)c2cc(-c3ccccc3)n[nH]2)c1O. The van der Waals surface area contributed by atoms with Crippen molar-refractivity contribution in [2.24, 2.45) is 5.10 Å². The van der Waals surface area contributed by atoms with Crippen molar-refractivity contribution in [1.29, 1.82) is 0 Å². The second kappa shape index (κ2) is 7.31. The average molecular weight is 336 g/mol. The molecule has 1 heterocycles. The van der Waals surface area contributed by atoms with Crippen LogP contribution in [0.25, 0.3) is 11.3 Å². The number of phenols is 1. The molecule has 3 N–H and O–H groups in total. The smallest absolute Gasteiger partial charge is 0.289 e. The number of nitrogens with one attached hydrogen (secondary N) is 2. The van der Waals surface area contributed by atoms with Gasteiger partial charge in [-0.1, -0.05) is 36.4 Å². The molecule has 0 aliphatic carbocycles. The summed E-state index contributed by atoms with van der Waals surface area (Å²) in [6, 6.07) is 16.1. The van der Waals surface area contributed by atoms with Crippen LogP contribution in [0.15, 0.2) is 59.7 Å². The number of methoxy groups -OCH3 is 1. The molecule has 126 valence electrons. The van der Waals surface area contributed by atoms with E-state index in [0.717, 1.165) is 5.56 Å². The number of aromatic nitrogens is 2. The molecule has 0 aliphatic heterocycles. The van der Waals surface area contributed by atoms with E-state index in [4.69, 9.17) is 4.74 Å². The quantitative estimate of drug-likeness (QED) is 0.492. The van der Waals surface area contributed by atoms with Crippen LogP contribution in [0.3, 0.4) is 0 Å². The highest BCUT2D eigenvalue weighted by Gasteiger charge is 2.10. The maximum absolute atomic E-state index is 12.1. The van der Waals surface area contributed by atoms with E-state index in [1.165, 1.54) is 13.3 Å². The summed E-state index contributed by atoms with van der Waals surface area (Å²) in [6.45, 7) is 0. The van der Waals surface area contributed by atoms with Gasteiger partial charge in [0.1, 0.15) is 5.69 Å². The lowest BCUT2D eigenvalue weighted by Gasteiger charge is -2.04. The van der Waals surface area contributed by atoms with Crippen LogP contribution in [0.1, 0.15) is 16.1 Å². The van der Waals surface area contributed by atoms with Crippen LogP contribution in [-0.4, -0.2) is 34.5 Å². The van der Waals surface area contributed by atoms with Crippen molar-refractivity contribution in [3.05, 3.63) is 65.9 Å². The Morgan fingerprint density at radius 3 is 2.80 bits per heavy atom. The van der Waals surface area contributed by atoms with E-state index in [1.54, 1.807) is 24.3 Å². The zero-order chi connectivity index (χ0) is 17.6. The lowest BCUT2D eigenvalue weighted by Crippen LogP contribution is -2.18. The molecule has 3 rings (SSSR count). The van der Waals surface area contributed by atoms with E-state index in [9.17, 15) is 9.90 Å². The summed E-state index contributed by atoms with van der Waals surface area (Å²) < 4.78 is 5.01. The molecule has 1 aromatic heterocycles. The van der Waals surface area contributed by atoms with Crippen molar-refractivity contribution in [3.63, 3.8) is 0 Å². The number of hydrazone groups is 1. The van der Waals surface area contributed by atoms with Gasteiger partial charge in [0, 0.05) is 11.1 Å². The van der Waals surface area contributed by atoms with Gasteiger partial charge in [-0.25, -0.2) is 5.43 Å². The molecule has 0 aliphatic rings. The molecule has 0 bridgehead atoms. The zero-order valence-electron chi connectivity index (χ0n) is 13.4. The molecule has 0 saturated carbocycles. The summed E-state index contributed by atoms with van der Waals surface area (Å²) in [4.78, 5) is 12.1. The Morgan fingerprint density at radius 2 is 2.04 bits per heavy atom. The van der Waals surface area contributed by atoms with Gasteiger partial charge in [-0.2, -0.15) is 10.2 Å². The van der Waals surface area contributed by atoms with Gasteiger partial charge in [-0.05, 0) is 18.2 Å². The minimum atomic E-state index is -0.437. The summed E-state index contributed by atoms with van der Waals surface area (Å²) in [5.41, 5.74) is 4.66. The van der Waals surface area contributed by atoms with Gasteiger partial charge >= 0.3 is 0 Å². The van der Waals surface area contributed by atoms with Crippen LogP contribution in [0.5, 0.6) is 11.5 Å². The summed E-state index contributed by atoms with van der Waals surface area (Å²) >= 11 is 0. The number of benzene rings is 2. The van der Waals surface area contributed by atoms with E-state index in [2.05, 4.69) is 20.7 Å². The fourth-order valence-corrected chi connectivity index (χ4v) is 2.22. The summed E-state index contributed by atoms with van der Waals surface area (Å²) in [7, 11) is 1.46. The van der Waals surface area contributed by atoms with Crippen molar-refractivity contribution in [1.82, 2.24) is 15.6 Å². The summed E-state index contributed by atoms with van der Waals surface area (Å²) in [6.07, 6.45) is 1.34. The minimum Gasteiger partial charge on any atom is -0.504 e. The van der Waals surface area contributed by atoms with Gasteiger partial charge in [0.15, 0.2) is 11.5 Å². The maximum atomic E-state index is 12.1. The van der Waals surface area contributed by atoms with E-state index < -0.39 is 5.91 Å². The molecule has 0 radical (unpaired) electrons. The number of carbonyl (C=O) groups is 1. The molecule has 0 unspecified atom stereocenters. The fourth-order valence-electron chi connectivity index (χ4n) is 2.22. The fraction of sp³-hybridized carbons (Fsp3) is 0.0556. The molecule has 0 atom stereocenters. The Balaban J connectivity index is 1.68. The standard InChI is InChI=1S/C18H16N4O3/c1-25-16-9-5-8-13(17(16)23)11-19-22-18(24)15-10-14(20-21-15)12-6-3-2-4-7-12/h2-11,23H,1H3,(H,20,21)(H,22,24). The van der Waals surface area contributed by atoms with Crippen LogP contribution in [-0.2, 0) is 0 Å². The van der Waals surface area contributed by atoms with Gasteiger partial charge in [0.05, 0.1) is 19.0 Å². The Hall–Kier alpha value is -3.61. The van der Waals surface area contributed by atoms with E-state index in [1.807, 2.05) is 30.3 Å². The predicted molar refractivity (Wildman–Crippen MR) is 93.7 cm³/mol. The minimum absolute atomic E-state index is 0.0455. The molecule has 0 saturated heterocycles. The first-order valence-electron chi connectivity index (χ1n) is 7.49. The first-order valence-corrected chi connectivity index (χ1v) is 7.49. The topological polar surface area (TPSA) is 99.6 Å². The molecule has 7 nitrogen and oxygen atoms in total. The number of rotatable bonds is 5. The van der Waals surface area contributed by atoms with Crippen LogP contribution in [0.4, 0.5) is 0 Å². The predicted octanol–water partition coefficient (Wildman–Crippen LogP) is 2.55. The number of nitrogens with zero attached hydrogens (tertiary/aromatic N) is 2. The largest absolute Gasteiger partial charge is 0.504 e. The number of hydrogen-bond acceptors (Lipinski definition) is 5. The Morgan fingerprint density at radius 1 is 1.24 bits per heavy atom. The number of amides is 1. The number of H-pyrrole nitrogens is 1. The number of aromatic amines is 1. The molecule has 0 spiro atoms. The van der Waals surface area contributed by atoms with Crippen LogP contribution in [0.2, 0.25) is 0 Å².